The highest BCUT2D eigenvalue weighted by molar-refractivity contribution is 5.78. The Kier molecular flexibility index (Phi) is 3.80. The molecule has 118 valence electrons. The number of rotatable bonds is 3. The first-order valence-corrected chi connectivity index (χ1v) is 7.06. The van der Waals surface area contributed by atoms with Crippen LogP contribution < -0.4 is 11.0 Å². The van der Waals surface area contributed by atoms with Gasteiger partial charge in [0.2, 0.25) is 0 Å². The molecule has 1 aromatic carbocycles. The second-order valence-electron chi connectivity index (χ2n) is 4.88. The quantitative estimate of drug-likeness (QED) is 0.793. The molecule has 0 aliphatic heterocycles. The van der Waals surface area contributed by atoms with Crippen LogP contribution in [0.3, 0.4) is 0 Å². The highest BCUT2D eigenvalue weighted by Gasteiger charge is 2.12. The summed E-state index contributed by atoms with van der Waals surface area (Å²) in [5, 5.41) is 4.51. The normalized spacial score (nSPS) is 10.7. The van der Waals surface area contributed by atoms with Crippen molar-refractivity contribution in [1.82, 2.24) is 19.4 Å². The van der Waals surface area contributed by atoms with Gasteiger partial charge in [0.25, 0.3) is 5.56 Å². The van der Waals surface area contributed by atoms with Crippen LogP contribution in [0.15, 0.2) is 41.6 Å². The minimum Gasteiger partial charge on any atom is -0.449 e. The van der Waals surface area contributed by atoms with Crippen LogP contribution in [-0.4, -0.2) is 32.1 Å². The summed E-state index contributed by atoms with van der Waals surface area (Å²) in [5.74, 6) is 0. The fourth-order valence-electron chi connectivity index (χ4n) is 2.13. The molecule has 0 aliphatic rings. The second kappa shape index (κ2) is 5.91. The Morgan fingerprint density at radius 3 is 2.74 bits per heavy atom. The molecule has 0 radical (unpaired) electrons. The zero-order valence-electron chi connectivity index (χ0n) is 12.7. The molecule has 1 N–H and O–H groups in total. The Morgan fingerprint density at radius 2 is 2.04 bits per heavy atom. The van der Waals surface area contributed by atoms with E-state index in [0.29, 0.717) is 11.0 Å². The van der Waals surface area contributed by atoms with Gasteiger partial charge in [-0.05, 0) is 26.0 Å². The summed E-state index contributed by atoms with van der Waals surface area (Å²) < 4.78 is 7.29. The van der Waals surface area contributed by atoms with Crippen molar-refractivity contribution >= 4 is 17.1 Å². The van der Waals surface area contributed by atoms with E-state index in [1.54, 1.807) is 11.6 Å². The molecule has 2 heterocycles. The molecule has 0 unspecified atom stereocenters. The van der Waals surface area contributed by atoms with Crippen LogP contribution in [0, 0.1) is 6.92 Å². The molecule has 0 fully saturated rings. The van der Waals surface area contributed by atoms with Crippen molar-refractivity contribution < 1.29 is 9.53 Å². The number of nitrogens with one attached hydrogen (secondary N) is 1. The molecule has 0 bridgehead atoms. The fraction of sp³-hybridized carbons (Fsp3) is 0.200. The van der Waals surface area contributed by atoms with Crippen molar-refractivity contribution in [2.24, 2.45) is 0 Å². The molecule has 0 atom stereocenters. The number of ether oxygens (including phenoxy) is 1. The van der Waals surface area contributed by atoms with Crippen molar-refractivity contribution in [1.29, 1.82) is 0 Å². The van der Waals surface area contributed by atoms with Gasteiger partial charge in [-0.15, -0.1) is 0 Å². The van der Waals surface area contributed by atoms with Gasteiger partial charge in [0.1, 0.15) is 11.7 Å². The highest BCUT2D eigenvalue weighted by atomic mass is 16.6. The zero-order valence-corrected chi connectivity index (χ0v) is 12.7. The molecule has 0 saturated carbocycles. The zero-order chi connectivity index (χ0) is 16.4. The molecule has 0 aliphatic carbocycles. The molecule has 2 aromatic heterocycles. The maximum Gasteiger partial charge on any atom is 0.426 e. The number of aryl methyl sites for hydroxylation is 1. The molecular weight excluding hydrogens is 298 g/mol. The highest BCUT2D eigenvalue weighted by Crippen LogP contribution is 2.13. The summed E-state index contributed by atoms with van der Waals surface area (Å²) >= 11 is 0. The first kappa shape index (κ1) is 14.8. The summed E-state index contributed by atoms with van der Waals surface area (Å²) in [6.07, 6.45) is 1.93. The van der Waals surface area contributed by atoms with Crippen molar-refractivity contribution in [3.63, 3.8) is 0 Å². The topological polar surface area (TPSA) is 91.0 Å². The third kappa shape index (κ3) is 2.78. The van der Waals surface area contributed by atoms with Crippen LogP contribution in [-0.2, 0) is 4.74 Å². The monoisotopic (exact) mass is 313 g/mol. The van der Waals surface area contributed by atoms with Gasteiger partial charge < -0.3 is 4.74 Å². The number of benzene rings is 1. The Hall–Kier alpha value is -3.16. The molecule has 8 heteroatoms. The Balaban J connectivity index is 2.02. The van der Waals surface area contributed by atoms with E-state index in [1.165, 1.54) is 12.5 Å². The summed E-state index contributed by atoms with van der Waals surface area (Å²) in [6, 6.07) is 7.69. The van der Waals surface area contributed by atoms with E-state index in [1.807, 2.05) is 31.2 Å². The summed E-state index contributed by atoms with van der Waals surface area (Å²) in [5.41, 5.74) is 4.22. The lowest BCUT2D eigenvalue weighted by molar-refractivity contribution is 0.164. The standard InChI is InChI=1S/C15H15N5O3/c1-3-23-15(22)18-19-9-16-13-12(14(19)21)8-17-20(13)11-6-4-10(2)5-7-11/h4-9H,3H2,1-2H3,(H,18,22). The predicted octanol–water partition coefficient (Wildman–Crippen LogP) is 1.59. The van der Waals surface area contributed by atoms with Crippen molar-refractivity contribution in [2.75, 3.05) is 12.0 Å². The summed E-state index contributed by atoms with van der Waals surface area (Å²) in [6.45, 7) is 3.87. The van der Waals surface area contributed by atoms with Gasteiger partial charge in [-0.25, -0.2) is 24.6 Å². The van der Waals surface area contributed by atoms with E-state index in [0.717, 1.165) is 15.9 Å². The average molecular weight is 313 g/mol. The number of hydrogen-bond donors (Lipinski definition) is 1. The molecule has 0 spiro atoms. The Morgan fingerprint density at radius 1 is 1.30 bits per heavy atom. The van der Waals surface area contributed by atoms with E-state index < -0.39 is 11.7 Å². The molecule has 0 saturated heterocycles. The second-order valence-corrected chi connectivity index (χ2v) is 4.88. The van der Waals surface area contributed by atoms with Crippen LogP contribution in [0.4, 0.5) is 4.79 Å². The number of carbonyl (C=O) groups is 1. The van der Waals surface area contributed by atoms with Crippen LogP contribution in [0.5, 0.6) is 0 Å². The number of amides is 1. The third-order valence-corrected chi connectivity index (χ3v) is 3.25. The van der Waals surface area contributed by atoms with Gasteiger partial charge in [0.15, 0.2) is 5.65 Å². The van der Waals surface area contributed by atoms with Crippen molar-refractivity contribution in [2.45, 2.75) is 13.8 Å². The fourth-order valence-corrected chi connectivity index (χ4v) is 2.13. The average Bonchev–Trinajstić information content (AvgIpc) is 2.96. The first-order chi connectivity index (χ1) is 11.1. The maximum atomic E-state index is 12.4. The summed E-state index contributed by atoms with van der Waals surface area (Å²) in [4.78, 5) is 28.0. The van der Waals surface area contributed by atoms with Gasteiger partial charge in [-0.1, -0.05) is 17.7 Å². The van der Waals surface area contributed by atoms with Gasteiger partial charge >= 0.3 is 6.09 Å². The number of fused-ring (bicyclic) bond motifs is 1. The molecule has 1 amide bonds. The molecule has 23 heavy (non-hydrogen) atoms. The van der Waals surface area contributed by atoms with E-state index >= 15 is 0 Å². The largest absolute Gasteiger partial charge is 0.449 e. The third-order valence-electron chi connectivity index (χ3n) is 3.25. The lowest BCUT2D eigenvalue weighted by Crippen LogP contribution is -2.33. The Bertz CT molecular complexity index is 911. The Labute approximate surface area is 131 Å². The lowest BCUT2D eigenvalue weighted by atomic mass is 10.2. The predicted molar refractivity (Wildman–Crippen MR) is 84.2 cm³/mol. The number of nitrogens with zero attached hydrogens (tertiary/aromatic N) is 4. The van der Waals surface area contributed by atoms with Crippen LogP contribution in [0.25, 0.3) is 16.7 Å². The van der Waals surface area contributed by atoms with Gasteiger partial charge in [0, 0.05) is 0 Å². The van der Waals surface area contributed by atoms with Gasteiger partial charge in [0.05, 0.1) is 18.5 Å². The van der Waals surface area contributed by atoms with E-state index in [9.17, 15) is 9.59 Å². The van der Waals surface area contributed by atoms with E-state index in [2.05, 4.69) is 15.5 Å². The van der Waals surface area contributed by atoms with Gasteiger partial charge in [-0.2, -0.15) is 5.10 Å². The van der Waals surface area contributed by atoms with Crippen LogP contribution in [0.2, 0.25) is 0 Å². The minimum absolute atomic E-state index is 0.210. The molecule has 8 nitrogen and oxygen atoms in total. The maximum absolute atomic E-state index is 12.4. The lowest BCUT2D eigenvalue weighted by Gasteiger charge is -2.07. The molecule has 3 aromatic rings. The van der Waals surface area contributed by atoms with Crippen LogP contribution >= 0.6 is 0 Å². The number of hydrogen-bond acceptors (Lipinski definition) is 5. The smallest absolute Gasteiger partial charge is 0.426 e. The first-order valence-electron chi connectivity index (χ1n) is 7.06. The van der Waals surface area contributed by atoms with Crippen molar-refractivity contribution in [3.05, 3.63) is 52.7 Å². The molecule has 3 rings (SSSR count). The number of carbonyl (C=O) groups excluding carboxylic acids is 1. The summed E-state index contributed by atoms with van der Waals surface area (Å²) in [7, 11) is 0. The van der Waals surface area contributed by atoms with Crippen molar-refractivity contribution in [3.8, 4) is 5.69 Å². The number of aromatic nitrogens is 4. The minimum atomic E-state index is -0.721. The van der Waals surface area contributed by atoms with Crippen LogP contribution in [0.1, 0.15) is 12.5 Å². The molecular formula is C15H15N5O3. The SMILES string of the molecule is CCOC(=O)Nn1cnc2c(cnn2-c2ccc(C)cc2)c1=O. The van der Waals surface area contributed by atoms with Gasteiger partial charge in [-0.3, -0.25) is 4.79 Å². The van der Waals surface area contributed by atoms with E-state index in [4.69, 9.17) is 4.74 Å². The van der Waals surface area contributed by atoms with E-state index in [-0.39, 0.29) is 6.61 Å².